The molecule has 0 saturated heterocycles. The van der Waals surface area contributed by atoms with Crippen LogP contribution in [0.2, 0.25) is 0 Å². The van der Waals surface area contributed by atoms with Crippen LogP contribution in [0.3, 0.4) is 0 Å². The van der Waals surface area contributed by atoms with Gasteiger partial charge in [-0.1, -0.05) is 18.2 Å². The minimum Gasteiger partial charge on any atom is -0.497 e. The third kappa shape index (κ3) is 4.36. The summed E-state index contributed by atoms with van der Waals surface area (Å²) in [4.78, 5) is 4.33. The lowest BCUT2D eigenvalue weighted by Crippen LogP contribution is -2.14. The van der Waals surface area contributed by atoms with Crippen molar-refractivity contribution in [1.82, 2.24) is 24.8 Å². The van der Waals surface area contributed by atoms with Gasteiger partial charge in [0.05, 0.1) is 19.9 Å². The van der Waals surface area contributed by atoms with Crippen LogP contribution in [0.25, 0.3) is 28.4 Å². The van der Waals surface area contributed by atoms with E-state index in [1.54, 1.807) is 41.0 Å². The standard InChI is InChI=1S/C24H20N6O4S/c1-33-18-10-12-22(21(15-18)34-2)35(31,32)29-17-8-6-16(7-9-17)19-11-13-23-26-27-24(30(23)28-19)20-5-3-4-14-25-20/h3-15,29H,1-2H3. The van der Waals surface area contributed by atoms with Crippen molar-refractivity contribution in [3.63, 3.8) is 0 Å². The van der Waals surface area contributed by atoms with Crippen LogP contribution >= 0.6 is 0 Å². The first-order valence-corrected chi connectivity index (χ1v) is 12.0. The Morgan fingerprint density at radius 1 is 0.857 bits per heavy atom. The maximum absolute atomic E-state index is 13.0. The van der Waals surface area contributed by atoms with Gasteiger partial charge in [0.2, 0.25) is 5.82 Å². The van der Waals surface area contributed by atoms with Crippen molar-refractivity contribution >= 4 is 21.4 Å². The van der Waals surface area contributed by atoms with Gasteiger partial charge in [-0.3, -0.25) is 9.71 Å². The van der Waals surface area contributed by atoms with E-state index in [9.17, 15) is 8.42 Å². The number of nitrogens with zero attached hydrogens (tertiary/aromatic N) is 5. The Hall–Kier alpha value is -4.51. The SMILES string of the molecule is COc1ccc(S(=O)(=O)Nc2ccc(-c3ccc4nnc(-c5ccccn5)n4n3)cc2)c(OC)c1. The molecular formula is C24H20N6O4S. The maximum atomic E-state index is 13.0. The second kappa shape index (κ2) is 9.03. The van der Waals surface area contributed by atoms with E-state index in [-0.39, 0.29) is 10.6 Å². The Balaban J connectivity index is 1.42. The highest BCUT2D eigenvalue weighted by Gasteiger charge is 2.20. The van der Waals surface area contributed by atoms with Crippen molar-refractivity contribution in [2.45, 2.75) is 4.90 Å². The van der Waals surface area contributed by atoms with Crippen LogP contribution in [0.5, 0.6) is 11.5 Å². The normalized spacial score (nSPS) is 11.4. The monoisotopic (exact) mass is 488 g/mol. The van der Waals surface area contributed by atoms with Crippen LogP contribution < -0.4 is 14.2 Å². The molecule has 0 aliphatic carbocycles. The number of aromatic nitrogens is 5. The highest BCUT2D eigenvalue weighted by molar-refractivity contribution is 7.92. The summed E-state index contributed by atoms with van der Waals surface area (Å²) < 4.78 is 40.5. The third-order valence-electron chi connectivity index (χ3n) is 5.25. The lowest BCUT2D eigenvalue weighted by Gasteiger charge is -2.13. The van der Waals surface area contributed by atoms with Crippen LogP contribution in [0, 0.1) is 0 Å². The van der Waals surface area contributed by atoms with Crippen LogP contribution in [-0.2, 0) is 10.0 Å². The number of hydrogen-bond donors (Lipinski definition) is 1. The molecule has 10 nitrogen and oxygen atoms in total. The molecule has 3 heterocycles. The number of sulfonamides is 1. The first-order chi connectivity index (χ1) is 17.0. The Labute approximate surface area is 201 Å². The van der Waals surface area contributed by atoms with Crippen LogP contribution in [0.1, 0.15) is 0 Å². The van der Waals surface area contributed by atoms with E-state index in [4.69, 9.17) is 9.47 Å². The quantitative estimate of drug-likeness (QED) is 0.368. The summed E-state index contributed by atoms with van der Waals surface area (Å²) in [6.45, 7) is 0. The molecule has 0 radical (unpaired) electrons. The van der Waals surface area contributed by atoms with Crippen molar-refractivity contribution in [3.05, 3.63) is 79.0 Å². The largest absolute Gasteiger partial charge is 0.497 e. The molecule has 0 amide bonds. The summed E-state index contributed by atoms with van der Waals surface area (Å²) in [5.41, 5.74) is 3.10. The summed E-state index contributed by atoms with van der Waals surface area (Å²) >= 11 is 0. The smallest absolute Gasteiger partial charge is 0.265 e. The number of methoxy groups -OCH3 is 2. The average Bonchev–Trinajstić information content (AvgIpc) is 3.32. The molecule has 35 heavy (non-hydrogen) atoms. The number of fused-ring (bicyclic) bond motifs is 1. The van der Waals surface area contributed by atoms with Gasteiger partial charge in [0.15, 0.2) is 5.65 Å². The second-order valence-corrected chi connectivity index (χ2v) is 9.08. The molecule has 0 aliphatic heterocycles. The second-order valence-electron chi connectivity index (χ2n) is 7.43. The molecule has 5 aromatic rings. The van der Waals surface area contributed by atoms with E-state index in [0.717, 1.165) is 5.56 Å². The molecule has 3 aromatic heterocycles. The van der Waals surface area contributed by atoms with E-state index in [1.165, 1.54) is 26.4 Å². The number of nitrogens with one attached hydrogen (secondary N) is 1. The molecular weight excluding hydrogens is 468 g/mol. The zero-order chi connectivity index (χ0) is 24.4. The van der Waals surface area contributed by atoms with Gasteiger partial charge in [-0.25, -0.2) is 8.42 Å². The first kappa shape index (κ1) is 22.3. The average molecular weight is 489 g/mol. The van der Waals surface area contributed by atoms with Gasteiger partial charge < -0.3 is 9.47 Å². The molecule has 176 valence electrons. The molecule has 0 aliphatic rings. The van der Waals surface area contributed by atoms with E-state index in [1.807, 2.05) is 30.3 Å². The fourth-order valence-electron chi connectivity index (χ4n) is 3.51. The summed E-state index contributed by atoms with van der Waals surface area (Å²) in [5, 5.41) is 13.0. The van der Waals surface area contributed by atoms with Gasteiger partial charge in [0.1, 0.15) is 22.1 Å². The van der Waals surface area contributed by atoms with E-state index >= 15 is 0 Å². The fourth-order valence-corrected chi connectivity index (χ4v) is 4.72. The summed E-state index contributed by atoms with van der Waals surface area (Å²) in [7, 11) is -0.988. The number of anilines is 1. The van der Waals surface area contributed by atoms with Crippen LogP contribution in [-0.4, -0.2) is 47.4 Å². The minimum absolute atomic E-state index is 0.00616. The van der Waals surface area contributed by atoms with Crippen molar-refractivity contribution in [1.29, 1.82) is 0 Å². The Morgan fingerprint density at radius 2 is 1.69 bits per heavy atom. The predicted octanol–water partition coefficient (Wildman–Crippen LogP) is 3.67. The molecule has 5 rings (SSSR count). The molecule has 11 heteroatoms. The molecule has 0 saturated carbocycles. The van der Waals surface area contributed by atoms with Crippen molar-refractivity contribution < 1.29 is 17.9 Å². The summed E-state index contributed by atoms with van der Waals surface area (Å²) in [6.07, 6.45) is 1.68. The Morgan fingerprint density at radius 3 is 2.40 bits per heavy atom. The highest BCUT2D eigenvalue weighted by atomic mass is 32.2. The van der Waals surface area contributed by atoms with Gasteiger partial charge in [-0.2, -0.15) is 9.61 Å². The van der Waals surface area contributed by atoms with Crippen molar-refractivity contribution in [2.75, 3.05) is 18.9 Å². The topological polar surface area (TPSA) is 121 Å². The molecule has 0 fully saturated rings. The number of hydrogen-bond acceptors (Lipinski definition) is 8. The van der Waals surface area contributed by atoms with E-state index in [2.05, 4.69) is 25.0 Å². The summed E-state index contributed by atoms with van der Waals surface area (Å²) in [6, 6.07) is 20.6. The van der Waals surface area contributed by atoms with Crippen LogP contribution in [0.4, 0.5) is 5.69 Å². The fraction of sp³-hybridized carbons (Fsp3) is 0.0833. The van der Waals surface area contributed by atoms with Gasteiger partial charge in [0, 0.05) is 23.5 Å². The zero-order valence-corrected chi connectivity index (χ0v) is 19.6. The maximum Gasteiger partial charge on any atom is 0.265 e. The van der Waals surface area contributed by atoms with Crippen molar-refractivity contribution in [3.8, 4) is 34.3 Å². The number of benzene rings is 2. The van der Waals surface area contributed by atoms with Crippen LogP contribution in [0.15, 0.2) is 83.9 Å². The van der Waals surface area contributed by atoms with Gasteiger partial charge in [-0.05, 0) is 48.5 Å². The predicted molar refractivity (Wildman–Crippen MR) is 130 cm³/mol. The summed E-state index contributed by atoms with van der Waals surface area (Å²) in [5.74, 6) is 1.21. The lowest BCUT2D eigenvalue weighted by molar-refractivity contribution is 0.386. The number of pyridine rings is 1. The lowest BCUT2D eigenvalue weighted by atomic mass is 10.1. The zero-order valence-electron chi connectivity index (χ0n) is 18.8. The Kier molecular flexibility index (Phi) is 5.75. The highest BCUT2D eigenvalue weighted by Crippen LogP contribution is 2.30. The molecule has 0 spiro atoms. The molecule has 0 atom stereocenters. The molecule has 0 bridgehead atoms. The third-order valence-corrected chi connectivity index (χ3v) is 6.67. The first-order valence-electron chi connectivity index (χ1n) is 10.5. The number of rotatable bonds is 7. The van der Waals surface area contributed by atoms with Gasteiger partial charge in [0.25, 0.3) is 10.0 Å². The minimum atomic E-state index is -3.89. The molecule has 1 N–H and O–H groups in total. The van der Waals surface area contributed by atoms with Gasteiger partial charge >= 0.3 is 0 Å². The Bertz CT molecular complexity index is 1600. The van der Waals surface area contributed by atoms with E-state index in [0.29, 0.717) is 34.3 Å². The molecule has 0 unspecified atom stereocenters. The van der Waals surface area contributed by atoms with E-state index < -0.39 is 10.0 Å². The number of ether oxygens (including phenoxy) is 2. The van der Waals surface area contributed by atoms with Gasteiger partial charge in [-0.15, -0.1) is 10.2 Å². The molecule has 2 aromatic carbocycles. The van der Waals surface area contributed by atoms with Crippen molar-refractivity contribution in [2.24, 2.45) is 0 Å².